The summed E-state index contributed by atoms with van der Waals surface area (Å²) in [4.78, 5) is 0. The van der Waals surface area contributed by atoms with Crippen molar-refractivity contribution in [3.8, 4) is 11.5 Å². The topological polar surface area (TPSA) is 66.4 Å². The molecule has 41 heavy (non-hydrogen) atoms. The largest absolute Gasteiger partial charge is 0.508 e. The summed E-state index contributed by atoms with van der Waals surface area (Å²) in [7, 11) is 0. The lowest BCUT2D eigenvalue weighted by molar-refractivity contribution is -0.163. The number of hydrogen-bond donors (Lipinski definition) is 1. The molecule has 0 aliphatic carbocycles. The third-order valence-corrected chi connectivity index (χ3v) is 9.61. The maximum Gasteiger partial charge on any atom is 0.157 e. The van der Waals surface area contributed by atoms with Crippen molar-refractivity contribution in [3.63, 3.8) is 0 Å². The van der Waals surface area contributed by atoms with Gasteiger partial charge in [0.25, 0.3) is 0 Å². The monoisotopic (exact) mass is 764 g/mol. The molecule has 2 aliphatic heterocycles. The molecule has 0 amide bonds. The van der Waals surface area contributed by atoms with Gasteiger partial charge in [-0.25, -0.2) is 0 Å². The lowest BCUT2D eigenvalue weighted by Gasteiger charge is -2.22. The first-order chi connectivity index (χ1) is 19.7. The molecular weight excluding hydrogens is 720 g/mol. The minimum absolute atomic E-state index is 0.000851. The quantitative estimate of drug-likeness (QED) is 0.192. The zero-order valence-electron chi connectivity index (χ0n) is 25.0. The van der Waals surface area contributed by atoms with Crippen LogP contribution in [-0.4, -0.2) is 56.1 Å². The number of phenols is 1. The van der Waals surface area contributed by atoms with Gasteiger partial charge in [0.05, 0.1) is 19.8 Å². The van der Waals surface area contributed by atoms with Crippen LogP contribution in [0.1, 0.15) is 73.6 Å². The van der Waals surface area contributed by atoms with Crippen LogP contribution in [0.5, 0.6) is 11.5 Å². The number of alkyl halides is 1. The third kappa shape index (κ3) is 15.1. The summed E-state index contributed by atoms with van der Waals surface area (Å²) >= 11 is 10.3. The highest BCUT2D eigenvalue weighted by Crippen LogP contribution is 2.27. The number of phenolic OH excluding ortho intramolecular Hbond substituents is 1. The first-order valence-electron chi connectivity index (χ1n) is 14.6. The van der Waals surface area contributed by atoms with Crippen molar-refractivity contribution in [2.24, 2.45) is 0 Å². The van der Waals surface area contributed by atoms with Gasteiger partial charge in [-0.05, 0) is 119 Å². The van der Waals surface area contributed by atoms with Gasteiger partial charge in [-0.3, -0.25) is 0 Å². The molecule has 2 aromatic carbocycles. The second-order valence-electron chi connectivity index (χ2n) is 10.3. The number of ether oxygens (including phenoxy) is 5. The summed E-state index contributed by atoms with van der Waals surface area (Å²) in [6.07, 6.45) is 8.94. The molecule has 1 N–H and O–H groups in total. The van der Waals surface area contributed by atoms with Crippen molar-refractivity contribution in [2.75, 3.05) is 38.4 Å². The van der Waals surface area contributed by atoms with Crippen LogP contribution < -0.4 is 4.74 Å². The first-order valence-corrected chi connectivity index (χ1v) is 17.3. The Morgan fingerprint density at radius 2 is 1.17 bits per heavy atom. The second kappa shape index (κ2) is 21.1. The van der Waals surface area contributed by atoms with E-state index in [2.05, 4.69) is 73.8 Å². The molecular formula is C32H47Br3O6. The first kappa shape index (κ1) is 36.5. The van der Waals surface area contributed by atoms with Crippen molar-refractivity contribution in [1.82, 2.24) is 0 Å². The Labute approximate surface area is 272 Å². The highest BCUT2D eigenvalue weighted by atomic mass is 79.9. The Kier molecular flexibility index (Phi) is 18.8. The average molecular weight is 767 g/mol. The molecule has 2 fully saturated rings. The maximum atomic E-state index is 9.10. The summed E-state index contributed by atoms with van der Waals surface area (Å²) in [5.74, 6) is 1.26. The van der Waals surface area contributed by atoms with E-state index in [1.807, 2.05) is 13.8 Å². The summed E-state index contributed by atoms with van der Waals surface area (Å²) in [5, 5.41) is 10.1. The van der Waals surface area contributed by atoms with E-state index < -0.39 is 0 Å². The van der Waals surface area contributed by atoms with E-state index in [4.69, 9.17) is 28.8 Å². The van der Waals surface area contributed by atoms with Crippen LogP contribution in [0, 0.1) is 27.7 Å². The van der Waals surface area contributed by atoms with Crippen LogP contribution in [0.25, 0.3) is 0 Å². The Morgan fingerprint density at radius 3 is 1.61 bits per heavy atom. The lowest BCUT2D eigenvalue weighted by atomic mass is 10.1. The molecule has 2 unspecified atom stereocenters. The van der Waals surface area contributed by atoms with E-state index in [-0.39, 0.29) is 12.6 Å². The van der Waals surface area contributed by atoms with Crippen molar-refractivity contribution >= 4 is 47.8 Å². The maximum absolute atomic E-state index is 9.10. The molecule has 0 spiro atoms. The van der Waals surface area contributed by atoms with Crippen LogP contribution in [-0.2, 0) is 18.9 Å². The molecule has 2 aliphatic rings. The molecule has 9 heteroatoms. The number of aryl methyl sites for hydroxylation is 4. The summed E-state index contributed by atoms with van der Waals surface area (Å²) in [6, 6.07) is 7.58. The molecule has 0 radical (unpaired) electrons. The van der Waals surface area contributed by atoms with Gasteiger partial charge in [-0.15, -0.1) is 0 Å². The molecule has 4 rings (SSSR count). The molecule has 0 bridgehead atoms. The number of aromatic hydroxyl groups is 1. The van der Waals surface area contributed by atoms with Crippen molar-refractivity contribution in [3.05, 3.63) is 55.5 Å². The molecule has 2 aromatic rings. The predicted octanol–water partition coefficient (Wildman–Crippen LogP) is 9.46. The smallest absolute Gasteiger partial charge is 0.157 e. The minimum atomic E-state index is 0.000851. The van der Waals surface area contributed by atoms with E-state index in [0.717, 1.165) is 83.1 Å². The predicted molar refractivity (Wildman–Crippen MR) is 177 cm³/mol. The van der Waals surface area contributed by atoms with Crippen molar-refractivity contribution in [1.29, 1.82) is 0 Å². The van der Waals surface area contributed by atoms with E-state index in [9.17, 15) is 0 Å². The number of benzene rings is 2. The van der Waals surface area contributed by atoms with E-state index in [0.29, 0.717) is 19.0 Å². The molecule has 0 saturated carbocycles. The lowest BCUT2D eigenvalue weighted by Crippen LogP contribution is -2.23. The SMILES string of the molecule is BrCCCOC1CCCCO1.Cc1cc(O)cc(C)c1Br.Cc1cc(OCCCOC2CCCCO2)cc(C)c1Br. The highest BCUT2D eigenvalue weighted by molar-refractivity contribution is 9.11. The third-order valence-electron chi connectivity index (χ3n) is 6.55. The van der Waals surface area contributed by atoms with Crippen LogP contribution in [0.3, 0.4) is 0 Å². The number of halogens is 3. The normalized spacial score (nSPS) is 18.5. The standard InChI is InChI=1S/C16H23BrO3.C8H15BrO2.C8H9BrO/c1-12-10-14(11-13(2)16(12)17)18-8-5-9-20-15-6-3-4-7-19-15;9-5-3-7-11-8-4-1-2-6-10-8;1-5-3-7(10)4-6(2)8(5)9/h10-11,15H,3-9H2,1-2H3;8H,1-7H2;3-4,10H,1-2H3. The fraction of sp³-hybridized carbons (Fsp3) is 0.625. The van der Waals surface area contributed by atoms with Gasteiger partial charge < -0.3 is 28.8 Å². The molecule has 2 saturated heterocycles. The van der Waals surface area contributed by atoms with Gasteiger partial charge in [-0.2, -0.15) is 0 Å². The Morgan fingerprint density at radius 1 is 0.707 bits per heavy atom. The van der Waals surface area contributed by atoms with Crippen molar-refractivity contribution < 1.29 is 28.8 Å². The van der Waals surface area contributed by atoms with Gasteiger partial charge in [-0.1, -0.05) is 47.8 Å². The Balaban J connectivity index is 0.000000236. The molecule has 2 heterocycles. The summed E-state index contributed by atoms with van der Waals surface area (Å²) < 4.78 is 30.1. The molecule has 6 nitrogen and oxygen atoms in total. The summed E-state index contributed by atoms with van der Waals surface area (Å²) in [5.41, 5.74) is 4.54. The molecule has 0 aromatic heterocycles. The Bertz CT molecular complexity index is 961. The highest BCUT2D eigenvalue weighted by Gasteiger charge is 2.14. The zero-order chi connectivity index (χ0) is 30.0. The number of rotatable bonds is 10. The van der Waals surface area contributed by atoms with Crippen LogP contribution in [0.4, 0.5) is 0 Å². The van der Waals surface area contributed by atoms with Gasteiger partial charge in [0.2, 0.25) is 0 Å². The van der Waals surface area contributed by atoms with Crippen molar-refractivity contribution in [2.45, 2.75) is 91.6 Å². The zero-order valence-corrected chi connectivity index (χ0v) is 29.7. The van der Waals surface area contributed by atoms with E-state index in [1.54, 1.807) is 12.1 Å². The number of hydrogen-bond acceptors (Lipinski definition) is 6. The van der Waals surface area contributed by atoms with E-state index >= 15 is 0 Å². The van der Waals surface area contributed by atoms with Gasteiger partial charge >= 0.3 is 0 Å². The average Bonchev–Trinajstić information content (AvgIpc) is 2.96. The Hall–Kier alpha value is -0.680. The fourth-order valence-corrected chi connectivity index (χ4v) is 5.02. The van der Waals surface area contributed by atoms with Crippen LogP contribution in [0.2, 0.25) is 0 Å². The molecule has 2 atom stereocenters. The second-order valence-corrected chi connectivity index (χ2v) is 12.7. The van der Waals surface area contributed by atoms with Gasteiger partial charge in [0, 0.05) is 33.9 Å². The van der Waals surface area contributed by atoms with E-state index in [1.165, 1.54) is 30.4 Å². The van der Waals surface area contributed by atoms with Crippen LogP contribution >= 0.6 is 47.8 Å². The minimum Gasteiger partial charge on any atom is -0.508 e. The summed E-state index contributed by atoms with van der Waals surface area (Å²) in [6.45, 7) is 12.0. The van der Waals surface area contributed by atoms with Gasteiger partial charge in [0.15, 0.2) is 12.6 Å². The fourth-order valence-electron chi connectivity index (χ4n) is 4.33. The molecule has 232 valence electrons. The van der Waals surface area contributed by atoms with Gasteiger partial charge in [0.1, 0.15) is 11.5 Å². The van der Waals surface area contributed by atoms with Crippen LogP contribution in [0.15, 0.2) is 33.2 Å².